The molecule has 4 rings (SSSR count). The van der Waals surface area contributed by atoms with Crippen LogP contribution in [0.1, 0.15) is 53.6 Å². The van der Waals surface area contributed by atoms with Crippen LogP contribution >= 0.6 is 0 Å². The van der Waals surface area contributed by atoms with E-state index in [1.54, 1.807) is 0 Å². The first kappa shape index (κ1) is 19.6. The van der Waals surface area contributed by atoms with E-state index in [1.807, 2.05) is 48.5 Å². The lowest BCUT2D eigenvalue weighted by molar-refractivity contribution is -0.120. The van der Waals surface area contributed by atoms with Gasteiger partial charge in [0, 0.05) is 23.8 Å². The van der Waals surface area contributed by atoms with Gasteiger partial charge in [0.15, 0.2) is 0 Å². The Morgan fingerprint density at radius 2 is 1.52 bits per heavy atom. The molecule has 0 aromatic heterocycles. The molecule has 29 heavy (non-hydrogen) atoms. The Labute approximate surface area is 172 Å². The Kier molecular flexibility index (Phi) is 6.25. The Balaban J connectivity index is 1.28. The second kappa shape index (κ2) is 9.23. The van der Waals surface area contributed by atoms with Crippen LogP contribution in [0.2, 0.25) is 0 Å². The van der Waals surface area contributed by atoms with Gasteiger partial charge in [0.1, 0.15) is 0 Å². The average Bonchev–Trinajstić information content (AvgIpc) is 3.54. The summed E-state index contributed by atoms with van der Waals surface area (Å²) in [6.45, 7) is 3.29. The molecule has 2 aromatic carbocycles. The molecular formula is C24H29N3O2. The Bertz CT molecular complexity index is 835. The summed E-state index contributed by atoms with van der Waals surface area (Å²) >= 11 is 0. The summed E-state index contributed by atoms with van der Waals surface area (Å²) in [7, 11) is 0. The van der Waals surface area contributed by atoms with Crippen LogP contribution in [-0.2, 0) is 17.8 Å². The second-order valence-electron chi connectivity index (χ2n) is 8.20. The highest BCUT2D eigenvalue weighted by Gasteiger charge is 2.23. The fourth-order valence-electron chi connectivity index (χ4n) is 3.74. The van der Waals surface area contributed by atoms with E-state index in [0.29, 0.717) is 18.0 Å². The molecule has 1 aliphatic carbocycles. The molecule has 0 bridgehead atoms. The fourth-order valence-corrected chi connectivity index (χ4v) is 3.74. The van der Waals surface area contributed by atoms with Gasteiger partial charge in [0.2, 0.25) is 5.91 Å². The zero-order chi connectivity index (χ0) is 20.1. The summed E-state index contributed by atoms with van der Waals surface area (Å²) in [6.07, 6.45) is 6.47. The Morgan fingerprint density at radius 1 is 0.862 bits per heavy atom. The first-order chi connectivity index (χ1) is 14.2. The van der Waals surface area contributed by atoms with Gasteiger partial charge in [-0.25, -0.2) is 0 Å². The lowest BCUT2D eigenvalue weighted by Crippen LogP contribution is -2.29. The van der Waals surface area contributed by atoms with E-state index in [2.05, 4.69) is 15.5 Å². The van der Waals surface area contributed by atoms with Crippen LogP contribution in [0.5, 0.6) is 0 Å². The number of carbonyl (C=O) groups excluding carboxylic acids is 2. The van der Waals surface area contributed by atoms with Gasteiger partial charge in [-0.05, 0) is 74.2 Å². The summed E-state index contributed by atoms with van der Waals surface area (Å²) < 4.78 is 0. The van der Waals surface area contributed by atoms with Gasteiger partial charge >= 0.3 is 0 Å². The molecule has 0 radical (unpaired) electrons. The molecule has 2 aromatic rings. The molecule has 1 saturated carbocycles. The van der Waals surface area contributed by atoms with Crippen molar-refractivity contribution < 1.29 is 9.59 Å². The Morgan fingerprint density at radius 3 is 2.17 bits per heavy atom. The van der Waals surface area contributed by atoms with Crippen molar-refractivity contribution in [2.45, 2.75) is 51.1 Å². The summed E-state index contributed by atoms with van der Waals surface area (Å²) in [5.74, 6) is -0.0531. The van der Waals surface area contributed by atoms with Crippen molar-refractivity contribution in [3.63, 3.8) is 0 Å². The summed E-state index contributed by atoms with van der Waals surface area (Å²) in [5.41, 5.74) is 3.58. The minimum Gasteiger partial charge on any atom is -0.353 e. The zero-order valence-corrected chi connectivity index (χ0v) is 16.8. The smallest absolute Gasteiger partial charge is 0.255 e. The van der Waals surface area contributed by atoms with Gasteiger partial charge in [-0.2, -0.15) is 0 Å². The van der Waals surface area contributed by atoms with E-state index in [9.17, 15) is 9.59 Å². The van der Waals surface area contributed by atoms with Crippen LogP contribution < -0.4 is 10.6 Å². The van der Waals surface area contributed by atoms with Crippen molar-refractivity contribution in [2.75, 3.05) is 18.4 Å². The van der Waals surface area contributed by atoms with Crippen molar-refractivity contribution >= 4 is 17.5 Å². The van der Waals surface area contributed by atoms with Gasteiger partial charge in [-0.15, -0.1) is 0 Å². The molecule has 2 N–H and O–H groups in total. The quantitative estimate of drug-likeness (QED) is 0.756. The highest BCUT2D eigenvalue weighted by molar-refractivity contribution is 6.04. The molecule has 2 amide bonds. The normalized spacial score (nSPS) is 17.0. The number of anilines is 1. The highest BCUT2D eigenvalue weighted by atomic mass is 16.2. The summed E-state index contributed by atoms with van der Waals surface area (Å²) in [5, 5.41) is 5.92. The maximum Gasteiger partial charge on any atom is 0.255 e. The molecule has 152 valence electrons. The van der Waals surface area contributed by atoms with E-state index in [-0.39, 0.29) is 11.8 Å². The lowest BCUT2D eigenvalue weighted by atomic mass is 10.1. The lowest BCUT2D eigenvalue weighted by Gasteiger charge is -2.26. The van der Waals surface area contributed by atoms with Gasteiger partial charge in [0.25, 0.3) is 5.91 Å². The van der Waals surface area contributed by atoms with E-state index in [1.165, 1.54) is 37.9 Å². The maximum atomic E-state index is 12.5. The number of benzene rings is 2. The number of likely N-dealkylation sites (tertiary alicyclic amines) is 1. The van der Waals surface area contributed by atoms with Crippen LogP contribution in [0.25, 0.3) is 0 Å². The van der Waals surface area contributed by atoms with Crippen LogP contribution in [0, 0.1) is 0 Å². The number of hydrogen-bond donors (Lipinski definition) is 2. The molecule has 0 spiro atoms. The number of nitrogens with zero attached hydrogens (tertiary/aromatic N) is 1. The van der Waals surface area contributed by atoms with Gasteiger partial charge in [-0.3, -0.25) is 14.5 Å². The molecule has 1 saturated heterocycles. The average molecular weight is 392 g/mol. The molecule has 2 aliphatic rings. The number of nitrogens with one attached hydrogen (secondary N) is 2. The standard InChI is InChI=1S/C24H29N3O2/c28-23(25-21-12-13-21)16-18-6-10-22(11-7-18)26-24(29)20-8-4-19(5-9-20)17-27-14-2-1-3-15-27/h4-11,21H,1-3,12-17H2,(H,25,28)(H,26,29). The Hall–Kier alpha value is -2.66. The first-order valence-electron chi connectivity index (χ1n) is 10.7. The molecule has 5 nitrogen and oxygen atoms in total. The van der Waals surface area contributed by atoms with Crippen molar-refractivity contribution in [2.24, 2.45) is 0 Å². The minimum atomic E-state index is -0.117. The third-order valence-electron chi connectivity index (χ3n) is 5.59. The van der Waals surface area contributed by atoms with Gasteiger partial charge in [-0.1, -0.05) is 30.7 Å². The van der Waals surface area contributed by atoms with Gasteiger partial charge in [0.05, 0.1) is 6.42 Å². The third kappa shape index (κ3) is 5.91. The van der Waals surface area contributed by atoms with E-state index >= 15 is 0 Å². The molecule has 2 fully saturated rings. The second-order valence-corrected chi connectivity index (χ2v) is 8.20. The SMILES string of the molecule is O=C(Cc1ccc(NC(=O)c2ccc(CN3CCCCC3)cc2)cc1)NC1CC1. The monoisotopic (exact) mass is 391 g/mol. The van der Waals surface area contributed by atoms with Crippen LogP contribution in [0.15, 0.2) is 48.5 Å². The summed E-state index contributed by atoms with van der Waals surface area (Å²) in [4.78, 5) is 26.9. The predicted octanol–water partition coefficient (Wildman–Crippen LogP) is 3.75. The number of amides is 2. The molecule has 1 heterocycles. The van der Waals surface area contributed by atoms with Crippen LogP contribution in [0.4, 0.5) is 5.69 Å². The van der Waals surface area contributed by atoms with Gasteiger partial charge < -0.3 is 10.6 Å². The predicted molar refractivity (Wildman–Crippen MR) is 115 cm³/mol. The van der Waals surface area contributed by atoms with E-state index in [4.69, 9.17) is 0 Å². The third-order valence-corrected chi connectivity index (χ3v) is 5.59. The number of rotatable bonds is 7. The highest BCUT2D eigenvalue weighted by Crippen LogP contribution is 2.19. The maximum absolute atomic E-state index is 12.5. The molecular weight excluding hydrogens is 362 g/mol. The molecule has 0 atom stereocenters. The van der Waals surface area contributed by atoms with Crippen molar-refractivity contribution in [3.8, 4) is 0 Å². The van der Waals surface area contributed by atoms with Crippen molar-refractivity contribution in [1.82, 2.24) is 10.2 Å². The largest absolute Gasteiger partial charge is 0.353 e. The number of piperidine rings is 1. The molecule has 0 unspecified atom stereocenters. The minimum absolute atomic E-state index is 0.0638. The zero-order valence-electron chi connectivity index (χ0n) is 16.8. The van der Waals surface area contributed by atoms with E-state index in [0.717, 1.165) is 30.6 Å². The number of hydrogen-bond acceptors (Lipinski definition) is 3. The fraction of sp³-hybridized carbons (Fsp3) is 0.417. The molecule has 5 heteroatoms. The first-order valence-corrected chi connectivity index (χ1v) is 10.7. The van der Waals surface area contributed by atoms with Crippen molar-refractivity contribution in [3.05, 3.63) is 65.2 Å². The topological polar surface area (TPSA) is 61.4 Å². The van der Waals surface area contributed by atoms with E-state index < -0.39 is 0 Å². The molecule has 1 aliphatic heterocycles. The van der Waals surface area contributed by atoms with Crippen LogP contribution in [-0.4, -0.2) is 35.8 Å². The van der Waals surface area contributed by atoms with Crippen molar-refractivity contribution in [1.29, 1.82) is 0 Å². The summed E-state index contributed by atoms with van der Waals surface area (Å²) in [6, 6.07) is 15.7. The number of carbonyl (C=O) groups is 2. The van der Waals surface area contributed by atoms with Crippen LogP contribution in [0.3, 0.4) is 0 Å².